The smallest absolute Gasteiger partial charge is 0.322 e. The predicted octanol–water partition coefficient (Wildman–Crippen LogP) is 5.24. The van der Waals surface area contributed by atoms with E-state index in [1.54, 1.807) is 60.7 Å². The van der Waals surface area contributed by atoms with E-state index in [2.05, 4.69) is 16.0 Å². The van der Waals surface area contributed by atoms with Crippen molar-refractivity contribution in [1.82, 2.24) is 0 Å². The molecule has 5 nitrogen and oxygen atoms in total. The van der Waals surface area contributed by atoms with Crippen LogP contribution in [0.4, 0.5) is 21.9 Å². The zero-order valence-electron chi connectivity index (χ0n) is 13.7. The fourth-order valence-electron chi connectivity index (χ4n) is 2.29. The minimum atomic E-state index is -0.364. The first-order valence-electron chi connectivity index (χ1n) is 7.90. The van der Waals surface area contributed by atoms with Crippen LogP contribution in [0.1, 0.15) is 10.4 Å². The molecule has 3 aromatic carbocycles. The average Bonchev–Trinajstić information content (AvgIpc) is 2.63. The number of carbonyl (C=O) groups excluding carboxylic acids is 2. The van der Waals surface area contributed by atoms with Crippen molar-refractivity contribution < 1.29 is 9.59 Å². The van der Waals surface area contributed by atoms with Crippen LogP contribution in [0.5, 0.6) is 0 Å². The van der Waals surface area contributed by atoms with E-state index in [1.165, 1.54) is 0 Å². The molecular formula is C20H16ClN3O2. The third-order valence-electron chi connectivity index (χ3n) is 3.52. The van der Waals surface area contributed by atoms with E-state index >= 15 is 0 Å². The van der Waals surface area contributed by atoms with Gasteiger partial charge in [-0.05, 0) is 54.6 Å². The summed E-state index contributed by atoms with van der Waals surface area (Å²) in [5.41, 5.74) is 2.32. The molecular weight excluding hydrogens is 350 g/mol. The van der Waals surface area contributed by atoms with Gasteiger partial charge in [0, 0.05) is 27.6 Å². The number of carbonyl (C=O) groups is 2. The molecule has 0 heterocycles. The molecule has 0 saturated carbocycles. The van der Waals surface area contributed by atoms with Gasteiger partial charge in [-0.15, -0.1) is 0 Å². The quantitative estimate of drug-likeness (QED) is 0.592. The van der Waals surface area contributed by atoms with Crippen molar-refractivity contribution in [2.24, 2.45) is 0 Å². The number of amides is 3. The Bertz CT molecular complexity index is 912. The van der Waals surface area contributed by atoms with Crippen molar-refractivity contribution in [3.63, 3.8) is 0 Å². The number of benzene rings is 3. The van der Waals surface area contributed by atoms with Crippen molar-refractivity contribution in [2.75, 3.05) is 16.0 Å². The maximum atomic E-state index is 12.2. The van der Waals surface area contributed by atoms with Gasteiger partial charge in [-0.25, -0.2) is 4.79 Å². The van der Waals surface area contributed by atoms with Crippen LogP contribution < -0.4 is 16.0 Å². The molecule has 3 N–H and O–H groups in total. The zero-order valence-corrected chi connectivity index (χ0v) is 14.5. The lowest BCUT2D eigenvalue weighted by molar-refractivity contribution is 0.102. The molecule has 0 saturated heterocycles. The molecule has 0 unspecified atom stereocenters. The Kier molecular flexibility index (Phi) is 5.51. The Morgan fingerprint density at radius 3 is 1.92 bits per heavy atom. The van der Waals surface area contributed by atoms with E-state index in [1.807, 2.05) is 18.2 Å². The van der Waals surface area contributed by atoms with Crippen LogP contribution in [0.3, 0.4) is 0 Å². The molecule has 0 aliphatic carbocycles. The molecule has 0 atom stereocenters. The Balaban J connectivity index is 1.63. The first kappa shape index (κ1) is 17.5. The highest BCUT2D eigenvalue weighted by molar-refractivity contribution is 6.30. The molecule has 26 heavy (non-hydrogen) atoms. The topological polar surface area (TPSA) is 70.2 Å². The Morgan fingerprint density at radius 1 is 0.654 bits per heavy atom. The van der Waals surface area contributed by atoms with Gasteiger partial charge in [0.2, 0.25) is 0 Å². The molecule has 0 aliphatic rings. The Hall–Kier alpha value is -3.31. The second-order valence-electron chi connectivity index (χ2n) is 5.49. The summed E-state index contributed by atoms with van der Waals surface area (Å²) < 4.78 is 0. The number of anilines is 3. The van der Waals surface area contributed by atoms with E-state index in [0.29, 0.717) is 27.6 Å². The van der Waals surface area contributed by atoms with E-state index < -0.39 is 0 Å². The van der Waals surface area contributed by atoms with E-state index in [4.69, 9.17) is 11.6 Å². The maximum absolute atomic E-state index is 12.2. The number of para-hydroxylation sites is 1. The number of urea groups is 1. The number of hydrogen-bond acceptors (Lipinski definition) is 2. The van der Waals surface area contributed by atoms with Gasteiger partial charge in [-0.3, -0.25) is 4.79 Å². The van der Waals surface area contributed by atoms with Gasteiger partial charge in [0.15, 0.2) is 0 Å². The SMILES string of the molecule is O=C(Nc1ccccc1)Nc1cccc(NC(=O)c2ccc(Cl)cc2)c1. The van der Waals surface area contributed by atoms with Crippen LogP contribution in [0.25, 0.3) is 0 Å². The van der Waals surface area contributed by atoms with Crippen LogP contribution in [-0.2, 0) is 0 Å². The highest BCUT2D eigenvalue weighted by atomic mass is 35.5. The molecule has 0 radical (unpaired) electrons. The summed E-state index contributed by atoms with van der Waals surface area (Å²) in [6, 6.07) is 22.3. The number of hydrogen-bond donors (Lipinski definition) is 3. The molecule has 3 rings (SSSR count). The van der Waals surface area contributed by atoms with Crippen LogP contribution in [0.2, 0.25) is 5.02 Å². The molecule has 3 amide bonds. The van der Waals surface area contributed by atoms with Crippen molar-refractivity contribution in [2.45, 2.75) is 0 Å². The summed E-state index contributed by atoms with van der Waals surface area (Å²) in [5, 5.41) is 8.82. The van der Waals surface area contributed by atoms with E-state index in [-0.39, 0.29) is 11.9 Å². The summed E-state index contributed by atoms with van der Waals surface area (Å²) in [6.07, 6.45) is 0. The fraction of sp³-hybridized carbons (Fsp3) is 0. The zero-order chi connectivity index (χ0) is 18.4. The van der Waals surface area contributed by atoms with Crippen LogP contribution in [0.15, 0.2) is 78.9 Å². The minimum absolute atomic E-state index is 0.257. The van der Waals surface area contributed by atoms with E-state index in [9.17, 15) is 9.59 Å². The summed E-state index contributed by atoms with van der Waals surface area (Å²) >= 11 is 5.83. The summed E-state index contributed by atoms with van der Waals surface area (Å²) in [7, 11) is 0. The standard InChI is InChI=1S/C20H16ClN3O2/c21-15-11-9-14(10-12-15)19(25)22-17-7-4-8-18(13-17)24-20(26)23-16-5-2-1-3-6-16/h1-13H,(H,22,25)(H2,23,24,26). The number of nitrogens with one attached hydrogen (secondary N) is 3. The normalized spacial score (nSPS) is 10.0. The molecule has 0 aliphatic heterocycles. The lowest BCUT2D eigenvalue weighted by atomic mass is 10.2. The fourth-order valence-corrected chi connectivity index (χ4v) is 2.42. The second kappa shape index (κ2) is 8.18. The third-order valence-corrected chi connectivity index (χ3v) is 3.77. The predicted molar refractivity (Wildman–Crippen MR) is 105 cm³/mol. The molecule has 0 fully saturated rings. The number of rotatable bonds is 4. The van der Waals surface area contributed by atoms with Crippen molar-refractivity contribution in [3.8, 4) is 0 Å². The van der Waals surface area contributed by atoms with Gasteiger partial charge in [0.1, 0.15) is 0 Å². The largest absolute Gasteiger partial charge is 0.323 e. The third kappa shape index (κ3) is 4.84. The van der Waals surface area contributed by atoms with Gasteiger partial charge in [-0.1, -0.05) is 35.9 Å². The van der Waals surface area contributed by atoms with Crippen LogP contribution in [-0.4, -0.2) is 11.9 Å². The lowest BCUT2D eigenvalue weighted by Crippen LogP contribution is -2.19. The summed E-state index contributed by atoms with van der Waals surface area (Å²) in [6.45, 7) is 0. The molecule has 0 aromatic heterocycles. The molecule has 0 bridgehead atoms. The number of halogens is 1. The minimum Gasteiger partial charge on any atom is -0.322 e. The maximum Gasteiger partial charge on any atom is 0.323 e. The van der Waals surface area contributed by atoms with Gasteiger partial charge < -0.3 is 16.0 Å². The summed E-state index contributed by atoms with van der Waals surface area (Å²) in [5.74, 6) is -0.257. The average molecular weight is 366 g/mol. The van der Waals surface area contributed by atoms with Crippen molar-refractivity contribution >= 4 is 40.6 Å². The molecule has 6 heteroatoms. The van der Waals surface area contributed by atoms with Gasteiger partial charge in [0.05, 0.1) is 0 Å². The summed E-state index contributed by atoms with van der Waals surface area (Å²) in [4.78, 5) is 24.3. The molecule has 130 valence electrons. The van der Waals surface area contributed by atoms with E-state index in [0.717, 1.165) is 0 Å². The first-order valence-corrected chi connectivity index (χ1v) is 8.28. The van der Waals surface area contributed by atoms with Crippen LogP contribution in [0, 0.1) is 0 Å². The van der Waals surface area contributed by atoms with Crippen molar-refractivity contribution in [1.29, 1.82) is 0 Å². The lowest BCUT2D eigenvalue weighted by Gasteiger charge is -2.10. The Labute approximate surface area is 156 Å². The van der Waals surface area contributed by atoms with Crippen LogP contribution >= 0.6 is 11.6 Å². The molecule has 0 spiro atoms. The highest BCUT2D eigenvalue weighted by Gasteiger charge is 2.07. The van der Waals surface area contributed by atoms with Gasteiger partial charge in [-0.2, -0.15) is 0 Å². The highest BCUT2D eigenvalue weighted by Crippen LogP contribution is 2.17. The first-order chi connectivity index (χ1) is 12.6. The second-order valence-corrected chi connectivity index (χ2v) is 5.92. The Morgan fingerprint density at radius 2 is 1.23 bits per heavy atom. The molecule has 3 aromatic rings. The van der Waals surface area contributed by atoms with Gasteiger partial charge in [0.25, 0.3) is 5.91 Å². The van der Waals surface area contributed by atoms with Crippen molar-refractivity contribution in [3.05, 3.63) is 89.4 Å². The van der Waals surface area contributed by atoms with Gasteiger partial charge >= 0.3 is 6.03 Å². The monoisotopic (exact) mass is 365 g/mol.